The Bertz CT molecular complexity index is 593. The van der Waals surface area contributed by atoms with E-state index in [0.29, 0.717) is 0 Å². The van der Waals surface area contributed by atoms with Gasteiger partial charge >= 0.3 is 5.97 Å². The Balaban J connectivity index is 2.20. The monoisotopic (exact) mass is 229 g/mol. The van der Waals surface area contributed by atoms with Crippen molar-refractivity contribution in [1.29, 1.82) is 0 Å². The number of carbonyl (C=O) groups is 1. The highest BCUT2D eigenvalue weighted by atomic mass is 16.4. The summed E-state index contributed by atoms with van der Waals surface area (Å²) in [5.74, 6) is -0.682. The molecule has 2 N–H and O–H groups in total. The Morgan fingerprint density at radius 2 is 2.18 bits per heavy atom. The number of aryl methyl sites for hydroxylation is 1. The van der Waals surface area contributed by atoms with Crippen LogP contribution in [0, 0.1) is 6.92 Å². The fourth-order valence-electron chi connectivity index (χ4n) is 2.79. The van der Waals surface area contributed by atoms with Gasteiger partial charge in [-0.1, -0.05) is 12.5 Å². The van der Waals surface area contributed by atoms with Gasteiger partial charge in [0.1, 0.15) is 0 Å². The molecule has 1 fully saturated rings. The first kappa shape index (κ1) is 10.4. The van der Waals surface area contributed by atoms with Crippen LogP contribution in [0.25, 0.3) is 10.9 Å². The number of nitrogens with one attached hydrogen (secondary N) is 1. The summed E-state index contributed by atoms with van der Waals surface area (Å²) in [4.78, 5) is 14.7. The lowest BCUT2D eigenvalue weighted by atomic mass is 9.64. The molecule has 1 heterocycles. The third-order valence-corrected chi connectivity index (χ3v) is 4.03. The second-order valence-corrected chi connectivity index (χ2v) is 4.98. The molecule has 3 rings (SSSR count). The van der Waals surface area contributed by atoms with Gasteiger partial charge in [-0.15, -0.1) is 0 Å². The van der Waals surface area contributed by atoms with Crippen LogP contribution in [0.5, 0.6) is 0 Å². The summed E-state index contributed by atoms with van der Waals surface area (Å²) in [5, 5.41) is 10.5. The summed E-state index contributed by atoms with van der Waals surface area (Å²) >= 11 is 0. The van der Waals surface area contributed by atoms with Crippen LogP contribution in [0.2, 0.25) is 0 Å². The molecule has 0 atom stereocenters. The number of aromatic amines is 1. The Labute approximate surface area is 99.5 Å². The molecule has 88 valence electrons. The van der Waals surface area contributed by atoms with Crippen molar-refractivity contribution < 1.29 is 9.90 Å². The summed E-state index contributed by atoms with van der Waals surface area (Å²) in [6.07, 6.45) is 4.43. The molecule has 0 bridgehead atoms. The van der Waals surface area contributed by atoms with Crippen LogP contribution in [0.15, 0.2) is 24.4 Å². The molecule has 1 aromatic carbocycles. The van der Waals surface area contributed by atoms with Crippen molar-refractivity contribution in [1.82, 2.24) is 4.98 Å². The molecule has 2 aromatic rings. The fourth-order valence-corrected chi connectivity index (χ4v) is 2.79. The molecule has 3 nitrogen and oxygen atoms in total. The van der Waals surface area contributed by atoms with Crippen molar-refractivity contribution in [3.05, 3.63) is 35.5 Å². The van der Waals surface area contributed by atoms with Crippen molar-refractivity contribution in [2.45, 2.75) is 31.6 Å². The quantitative estimate of drug-likeness (QED) is 0.831. The predicted molar refractivity (Wildman–Crippen MR) is 66.2 cm³/mol. The highest BCUT2D eigenvalue weighted by Gasteiger charge is 2.46. The lowest BCUT2D eigenvalue weighted by molar-refractivity contribution is -0.147. The van der Waals surface area contributed by atoms with Crippen LogP contribution in [0.4, 0.5) is 0 Å². The van der Waals surface area contributed by atoms with Gasteiger partial charge in [-0.05, 0) is 48.4 Å². The lowest BCUT2D eigenvalue weighted by Crippen LogP contribution is -2.42. The van der Waals surface area contributed by atoms with Crippen molar-refractivity contribution in [3.63, 3.8) is 0 Å². The number of fused-ring (bicyclic) bond motifs is 1. The summed E-state index contributed by atoms with van der Waals surface area (Å²) in [5.41, 5.74) is 2.56. The number of H-pyrrole nitrogens is 1. The van der Waals surface area contributed by atoms with Crippen LogP contribution in [0.3, 0.4) is 0 Å². The number of aliphatic carboxylic acids is 1. The zero-order valence-electron chi connectivity index (χ0n) is 9.79. The smallest absolute Gasteiger partial charge is 0.314 e. The standard InChI is InChI=1S/C14H15NO2/c1-9-7-11(8-10-3-6-15-12(9)10)14(13(16)17)4-2-5-14/h3,6-8,15H,2,4-5H2,1H3,(H,16,17). The maximum atomic E-state index is 11.5. The van der Waals surface area contributed by atoms with Crippen molar-refractivity contribution in [2.75, 3.05) is 0 Å². The van der Waals surface area contributed by atoms with Gasteiger partial charge in [-0.3, -0.25) is 4.79 Å². The number of hydrogen-bond acceptors (Lipinski definition) is 1. The van der Waals surface area contributed by atoms with Crippen molar-refractivity contribution >= 4 is 16.9 Å². The highest BCUT2D eigenvalue weighted by Crippen LogP contribution is 2.45. The molecular formula is C14H15NO2. The summed E-state index contributed by atoms with van der Waals surface area (Å²) in [6.45, 7) is 2.02. The predicted octanol–water partition coefficient (Wildman–Crippen LogP) is 2.98. The van der Waals surface area contributed by atoms with E-state index in [0.717, 1.165) is 41.3 Å². The van der Waals surface area contributed by atoms with Crippen LogP contribution < -0.4 is 0 Å². The highest BCUT2D eigenvalue weighted by molar-refractivity contribution is 5.88. The van der Waals surface area contributed by atoms with E-state index >= 15 is 0 Å². The lowest BCUT2D eigenvalue weighted by Gasteiger charge is -2.38. The molecule has 1 aliphatic rings. The Morgan fingerprint density at radius 1 is 1.41 bits per heavy atom. The number of carboxylic acid groups (broad SMARTS) is 1. The van der Waals surface area contributed by atoms with E-state index in [-0.39, 0.29) is 0 Å². The van der Waals surface area contributed by atoms with Crippen LogP contribution >= 0.6 is 0 Å². The van der Waals surface area contributed by atoms with Crippen molar-refractivity contribution in [2.24, 2.45) is 0 Å². The molecule has 0 amide bonds. The molecule has 0 aliphatic heterocycles. The largest absolute Gasteiger partial charge is 0.481 e. The van der Waals surface area contributed by atoms with Crippen molar-refractivity contribution in [3.8, 4) is 0 Å². The first-order valence-corrected chi connectivity index (χ1v) is 5.95. The molecule has 17 heavy (non-hydrogen) atoms. The van der Waals surface area contributed by atoms with Gasteiger partial charge < -0.3 is 10.1 Å². The molecule has 1 aliphatic carbocycles. The van der Waals surface area contributed by atoms with Crippen LogP contribution in [-0.2, 0) is 10.2 Å². The minimum absolute atomic E-state index is 0.629. The molecular weight excluding hydrogens is 214 g/mol. The van der Waals surface area contributed by atoms with Gasteiger partial charge in [0.25, 0.3) is 0 Å². The third-order valence-electron chi connectivity index (χ3n) is 4.03. The first-order chi connectivity index (χ1) is 8.13. The van der Waals surface area contributed by atoms with E-state index in [9.17, 15) is 9.90 Å². The summed E-state index contributed by atoms with van der Waals surface area (Å²) < 4.78 is 0. The van der Waals surface area contributed by atoms with Crippen LogP contribution in [0.1, 0.15) is 30.4 Å². The summed E-state index contributed by atoms with van der Waals surface area (Å²) in [6, 6.07) is 6.04. The molecule has 0 spiro atoms. The van der Waals surface area contributed by atoms with Gasteiger partial charge in [-0.2, -0.15) is 0 Å². The average molecular weight is 229 g/mol. The maximum Gasteiger partial charge on any atom is 0.314 e. The maximum absolute atomic E-state index is 11.5. The topological polar surface area (TPSA) is 53.1 Å². The second-order valence-electron chi connectivity index (χ2n) is 4.98. The molecule has 0 saturated heterocycles. The molecule has 1 aromatic heterocycles. The molecule has 3 heteroatoms. The van der Waals surface area contributed by atoms with E-state index in [1.807, 2.05) is 31.3 Å². The van der Waals surface area contributed by atoms with Gasteiger partial charge in [-0.25, -0.2) is 0 Å². The number of carboxylic acids is 1. The number of aromatic nitrogens is 1. The van der Waals surface area contributed by atoms with Gasteiger partial charge in [0.15, 0.2) is 0 Å². The molecule has 1 saturated carbocycles. The van der Waals surface area contributed by atoms with E-state index in [4.69, 9.17) is 0 Å². The number of benzene rings is 1. The Kier molecular flexibility index (Phi) is 2.05. The van der Waals surface area contributed by atoms with Gasteiger partial charge in [0, 0.05) is 11.7 Å². The zero-order chi connectivity index (χ0) is 12.0. The Morgan fingerprint density at radius 3 is 2.76 bits per heavy atom. The zero-order valence-corrected chi connectivity index (χ0v) is 9.79. The molecule has 0 unspecified atom stereocenters. The van der Waals surface area contributed by atoms with E-state index in [1.165, 1.54) is 0 Å². The average Bonchev–Trinajstić information content (AvgIpc) is 2.63. The van der Waals surface area contributed by atoms with E-state index in [1.54, 1.807) is 0 Å². The minimum atomic E-state index is -0.682. The number of rotatable bonds is 2. The number of hydrogen-bond donors (Lipinski definition) is 2. The molecule has 0 radical (unpaired) electrons. The van der Waals surface area contributed by atoms with Gasteiger partial charge in [0.2, 0.25) is 0 Å². The SMILES string of the molecule is Cc1cc(C2(C(=O)O)CCC2)cc2cc[nH]c12. The van der Waals surface area contributed by atoms with Crippen LogP contribution in [-0.4, -0.2) is 16.1 Å². The Hall–Kier alpha value is -1.77. The minimum Gasteiger partial charge on any atom is -0.481 e. The normalized spacial score (nSPS) is 17.9. The fraction of sp³-hybridized carbons (Fsp3) is 0.357. The third kappa shape index (κ3) is 1.32. The summed E-state index contributed by atoms with van der Waals surface area (Å²) in [7, 11) is 0. The second kappa shape index (κ2) is 3.36. The van der Waals surface area contributed by atoms with E-state index < -0.39 is 11.4 Å². The van der Waals surface area contributed by atoms with Gasteiger partial charge in [0.05, 0.1) is 5.41 Å². The first-order valence-electron chi connectivity index (χ1n) is 5.95. The van der Waals surface area contributed by atoms with E-state index in [2.05, 4.69) is 4.98 Å².